The van der Waals surface area contributed by atoms with Crippen LogP contribution in [-0.2, 0) is 4.79 Å². The SMILES string of the molecule is CCCC(CCC)C(=O)Nc1cc(C)nn1-c1nc(-c2cccs2)cs1. The van der Waals surface area contributed by atoms with Crippen molar-refractivity contribution in [2.45, 2.75) is 46.5 Å². The molecular formula is C19H24N4OS2. The van der Waals surface area contributed by atoms with Crippen LogP contribution in [0.5, 0.6) is 0 Å². The van der Waals surface area contributed by atoms with Crippen LogP contribution in [0.2, 0.25) is 0 Å². The van der Waals surface area contributed by atoms with E-state index in [-0.39, 0.29) is 11.8 Å². The molecular weight excluding hydrogens is 364 g/mol. The Bertz CT molecular complexity index is 845. The number of carbonyl (C=O) groups excluding carboxylic acids is 1. The molecule has 3 rings (SSSR count). The number of amides is 1. The van der Waals surface area contributed by atoms with E-state index in [1.54, 1.807) is 16.0 Å². The number of hydrogen-bond acceptors (Lipinski definition) is 5. The first-order valence-corrected chi connectivity index (χ1v) is 10.8. The smallest absolute Gasteiger partial charge is 0.228 e. The second-order valence-electron chi connectivity index (χ2n) is 6.34. The lowest BCUT2D eigenvalue weighted by Crippen LogP contribution is -2.24. The van der Waals surface area contributed by atoms with Gasteiger partial charge in [0.1, 0.15) is 5.82 Å². The third-order valence-corrected chi connectivity index (χ3v) is 5.88. The third-order valence-electron chi connectivity index (χ3n) is 4.17. The highest BCUT2D eigenvalue weighted by molar-refractivity contribution is 7.15. The van der Waals surface area contributed by atoms with E-state index in [2.05, 4.69) is 30.3 Å². The van der Waals surface area contributed by atoms with Crippen molar-refractivity contribution >= 4 is 34.4 Å². The molecule has 26 heavy (non-hydrogen) atoms. The lowest BCUT2D eigenvalue weighted by molar-refractivity contribution is -0.120. The van der Waals surface area contributed by atoms with Crippen LogP contribution in [0.1, 0.15) is 45.2 Å². The minimum Gasteiger partial charge on any atom is -0.310 e. The van der Waals surface area contributed by atoms with Crippen LogP contribution in [0.15, 0.2) is 29.0 Å². The third kappa shape index (κ3) is 4.22. The molecule has 0 aliphatic rings. The van der Waals surface area contributed by atoms with Gasteiger partial charge in [0.2, 0.25) is 11.0 Å². The molecule has 0 radical (unpaired) electrons. The highest BCUT2D eigenvalue weighted by Crippen LogP contribution is 2.29. The summed E-state index contributed by atoms with van der Waals surface area (Å²) in [6.45, 7) is 6.16. The van der Waals surface area contributed by atoms with Crippen LogP contribution in [0.3, 0.4) is 0 Å². The van der Waals surface area contributed by atoms with Gasteiger partial charge in [-0.2, -0.15) is 9.78 Å². The van der Waals surface area contributed by atoms with Gasteiger partial charge < -0.3 is 5.32 Å². The molecule has 0 bridgehead atoms. The number of nitrogens with one attached hydrogen (secondary N) is 1. The highest BCUT2D eigenvalue weighted by Gasteiger charge is 2.20. The summed E-state index contributed by atoms with van der Waals surface area (Å²) in [7, 11) is 0. The average molecular weight is 389 g/mol. The number of rotatable bonds is 8. The van der Waals surface area contributed by atoms with Crippen molar-refractivity contribution in [3.05, 3.63) is 34.7 Å². The number of nitrogens with zero attached hydrogens (tertiary/aromatic N) is 3. The second kappa shape index (κ2) is 8.60. The van der Waals surface area contributed by atoms with Crippen molar-refractivity contribution in [3.63, 3.8) is 0 Å². The van der Waals surface area contributed by atoms with Crippen molar-refractivity contribution in [2.75, 3.05) is 5.32 Å². The number of thiophene rings is 1. The average Bonchev–Trinajstić information content (AvgIpc) is 3.34. The van der Waals surface area contributed by atoms with E-state index in [4.69, 9.17) is 4.98 Å². The zero-order valence-corrected chi connectivity index (χ0v) is 17.0. The number of aryl methyl sites for hydroxylation is 1. The molecule has 0 fully saturated rings. The zero-order chi connectivity index (χ0) is 18.5. The van der Waals surface area contributed by atoms with E-state index in [9.17, 15) is 4.79 Å². The van der Waals surface area contributed by atoms with E-state index >= 15 is 0 Å². The van der Waals surface area contributed by atoms with E-state index in [1.165, 1.54) is 11.3 Å². The minimum atomic E-state index is 0.0478. The molecule has 5 nitrogen and oxygen atoms in total. The Hall–Kier alpha value is -1.99. The molecule has 0 spiro atoms. The summed E-state index contributed by atoms with van der Waals surface area (Å²) < 4.78 is 1.74. The molecule has 3 heterocycles. The molecule has 0 saturated heterocycles. The Morgan fingerprint density at radius 3 is 2.69 bits per heavy atom. The van der Waals surface area contributed by atoms with Gasteiger partial charge in [0, 0.05) is 17.4 Å². The molecule has 0 unspecified atom stereocenters. The van der Waals surface area contributed by atoms with Crippen LogP contribution in [-0.4, -0.2) is 20.7 Å². The molecule has 0 atom stereocenters. The summed E-state index contributed by atoms with van der Waals surface area (Å²) in [4.78, 5) is 18.5. The highest BCUT2D eigenvalue weighted by atomic mass is 32.1. The Kier molecular flexibility index (Phi) is 6.21. The number of aromatic nitrogens is 3. The predicted octanol–water partition coefficient (Wildman–Crippen LogP) is 5.52. The van der Waals surface area contributed by atoms with Gasteiger partial charge in [0.05, 0.1) is 16.3 Å². The van der Waals surface area contributed by atoms with Gasteiger partial charge >= 0.3 is 0 Å². The molecule has 7 heteroatoms. The molecule has 3 aromatic heterocycles. The summed E-state index contributed by atoms with van der Waals surface area (Å²) in [6.07, 6.45) is 3.83. The lowest BCUT2D eigenvalue weighted by atomic mass is 9.97. The first kappa shape index (κ1) is 18.8. The zero-order valence-electron chi connectivity index (χ0n) is 15.4. The number of anilines is 1. The molecule has 0 aromatic carbocycles. The second-order valence-corrected chi connectivity index (χ2v) is 8.12. The fraction of sp³-hybridized carbons (Fsp3) is 0.421. The molecule has 1 N–H and O–H groups in total. The Morgan fingerprint density at radius 2 is 2.04 bits per heavy atom. The maximum Gasteiger partial charge on any atom is 0.228 e. The first-order valence-electron chi connectivity index (χ1n) is 8.99. The number of hydrogen-bond donors (Lipinski definition) is 1. The molecule has 138 valence electrons. The van der Waals surface area contributed by atoms with Crippen molar-refractivity contribution in [1.82, 2.24) is 14.8 Å². The van der Waals surface area contributed by atoms with E-state index in [1.807, 2.05) is 29.8 Å². The monoisotopic (exact) mass is 388 g/mol. The normalized spacial score (nSPS) is 11.2. The lowest BCUT2D eigenvalue weighted by Gasteiger charge is -2.15. The van der Waals surface area contributed by atoms with Crippen molar-refractivity contribution in [2.24, 2.45) is 5.92 Å². The van der Waals surface area contributed by atoms with Gasteiger partial charge in [0.25, 0.3) is 0 Å². The van der Waals surface area contributed by atoms with E-state index < -0.39 is 0 Å². The van der Waals surface area contributed by atoms with E-state index in [0.717, 1.165) is 47.1 Å². The maximum absolute atomic E-state index is 12.7. The first-order chi connectivity index (χ1) is 12.6. The Labute approximate surface area is 162 Å². The summed E-state index contributed by atoms with van der Waals surface area (Å²) in [6, 6.07) is 5.98. The van der Waals surface area contributed by atoms with Crippen LogP contribution < -0.4 is 5.32 Å². The van der Waals surface area contributed by atoms with Crippen LogP contribution in [0.25, 0.3) is 15.7 Å². The number of carbonyl (C=O) groups is 1. The molecule has 0 saturated carbocycles. The van der Waals surface area contributed by atoms with Crippen LogP contribution in [0, 0.1) is 12.8 Å². The summed E-state index contributed by atoms with van der Waals surface area (Å²) in [5.74, 6) is 0.813. The summed E-state index contributed by atoms with van der Waals surface area (Å²) >= 11 is 3.19. The van der Waals surface area contributed by atoms with Gasteiger partial charge in [-0.25, -0.2) is 4.98 Å². The minimum absolute atomic E-state index is 0.0478. The number of thiazole rings is 1. The molecule has 0 aliphatic heterocycles. The summed E-state index contributed by atoms with van der Waals surface area (Å²) in [5.41, 5.74) is 1.80. The van der Waals surface area contributed by atoms with E-state index in [0.29, 0.717) is 5.82 Å². The fourth-order valence-electron chi connectivity index (χ4n) is 2.97. The maximum atomic E-state index is 12.7. The van der Waals surface area contributed by atoms with Gasteiger partial charge in [0.15, 0.2) is 0 Å². The van der Waals surface area contributed by atoms with Gasteiger partial charge in [-0.15, -0.1) is 22.7 Å². The molecule has 3 aromatic rings. The topological polar surface area (TPSA) is 59.8 Å². The quantitative estimate of drug-likeness (QED) is 0.553. The van der Waals surface area contributed by atoms with Gasteiger partial charge in [-0.1, -0.05) is 32.8 Å². The van der Waals surface area contributed by atoms with Crippen LogP contribution in [0.4, 0.5) is 5.82 Å². The van der Waals surface area contributed by atoms with Gasteiger partial charge in [-0.05, 0) is 31.2 Å². The van der Waals surface area contributed by atoms with Crippen molar-refractivity contribution in [3.8, 4) is 15.7 Å². The van der Waals surface area contributed by atoms with Crippen molar-refractivity contribution in [1.29, 1.82) is 0 Å². The van der Waals surface area contributed by atoms with Gasteiger partial charge in [-0.3, -0.25) is 4.79 Å². The standard InChI is InChI=1S/C19H24N4OS2/c1-4-7-14(8-5-2)18(24)21-17-11-13(3)22-23(17)19-20-15(12-26-19)16-9-6-10-25-16/h6,9-12,14H,4-5,7-8H2,1-3H3,(H,21,24). The largest absolute Gasteiger partial charge is 0.310 e. The van der Waals surface area contributed by atoms with Crippen LogP contribution >= 0.6 is 22.7 Å². The molecule has 1 amide bonds. The van der Waals surface area contributed by atoms with Crippen molar-refractivity contribution < 1.29 is 4.79 Å². The Balaban J connectivity index is 1.83. The Morgan fingerprint density at radius 1 is 1.27 bits per heavy atom. The molecule has 0 aliphatic carbocycles. The fourth-order valence-corrected chi connectivity index (χ4v) is 4.51. The predicted molar refractivity (Wildman–Crippen MR) is 109 cm³/mol. The summed E-state index contributed by atoms with van der Waals surface area (Å²) in [5, 5.41) is 12.4.